The molecule has 1 aliphatic rings. The highest BCUT2D eigenvalue weighted by molar-refractivity contribution is 5.23. The highest BCUT2D eigenvalue weighted by atomic mass is 19.4. The molecule has 0 aromatic rings. The minimum atomic E-state index is -7.30. The Hall–Kier alpha value is -0.850. The molecule has 0 atom stereocenters. The molecule has 0 bridgehead atoms. The first-order chi connectivity index (χ1) is 8.06. The molecular formula is C6HF11O2. The van der Waals surface area contributed by atoms with Gasteiger partial charge in [0.15, 0.2) is 0 Å². The lowest BCUT2D eigenvalue weighted by Crippen LogP contribution is -2.84. The molecule has 1 fully saturated rings. The van der Waals surface area contributed by atoms with E-state index in [4.69, 9.17) is 5.26 Å². The summed E-state index contributed by atoms with van der Waals surface area (Å²) in [6.45, 7) is 0. The van der Waals surface area contributed by atoms with Crippen LogP contribution in [0.4, 0.5) is 48.3 Å². The molecule has 1 N–H and O–H groups in total. The zero-order valence-corrected chi connectivity index (χ0v) is 8.01. The molecule has 13 heteroatoms. The van der Waals surface area contributed by atoms with Crippen molar-refractivity contribution in [3.63, 3.8) is 0 Å². The summed E-state index contributed by atoms with van der Waals surface area (Å²) in [6, 6.07) is 0. The van der Waals surface area contributed by atoms with E-state index in [-0.39, 0.29) is 0 Å². The van der Waals surface area contributed by atoms with E-state index in [1.807, 2.05) is 0 Å². The number of rotatable bonds is 1. The van der Waals surface area contributed by atoms with Crippen molar-refractivity contribution in [1.29, 1.82) is 0 Å². The molecule has 114 valence electrons. The van der Waals surface area contributed by atoms with Crippen LogP contribution < -0.4 is 0 Å². The zero-order chi connectivity index (χ0) is 15.7. The molecule has 0 amide bonds. The molecule has 0 aliphatic heterocycles. The van der Waals surface area contributed by atoms with Gasteiger partial charge in [-0.15, -0.1) is 0 Å². The van der Waals surface area contributed by atoms with Gasteiger partial charge in [0.05, 0.1) is 0 Å². The van der Waals surface area contributed by atoms with E-state index in [1.54, 1.807) is 4.89 Å². The Bertz CT molecular complexity index is 359. The van der Waals surface area contributed by atoms with Crippen LogP contribution in [0.25, 0.3) is 0 Å². The van der Waals surface area contributed by atoms with E-state index in [0.717, 1.165) is 0 Å². The minimum Gasteiger partial charge on any atom is -0.248 e. The summed E-state index contributed by atoms with van der Waals surface area (Å²) in [5, 5.41) is 7.51. The fourth-order valence-electron chi connectivity index (χ4n) is 1.31. The van der Waals surface area contributed by atoms with E-state index >= 15 is 0 Å². The average molecular weight is 314 g/mol. The second-order valence-electron chi connectivity index (χ2n) is 3.56. The maximum atomic E-state index is 12.9. The van der Waals surface area contributed by atoms with Crippen molar-refractivity contribution in [3.8, 4) is 0 Å². The predicted octanol–water partition coefficient (Wildman–Crippen LogP) is 3.33. The Kier molecular flexibility index (Phi) is 2.92. The summed E-state index contributed by atoms with van der Waals surface area (Å²) in [5.41, 5.74) is 0. The van der Waals surface area contributed by atoms with Crippen LogP contribution in [-0.4, -0.2) is 40.7 Å². The average Bonchev–Trinajstić information content (AvgIpc) is 2.24. The van der Waals surface area contributed by atoms with E-state index in [0.29, 0.717) is 0 Å². The molecule has 0 aromatic heterocycles. The second-order valence-corrected chi connectivity index (χ2v) is 3.56. The summed E-state index contributed by atoms with van der Waals surface area (Å²) >= 11 is 0. The Morgan fingerprint density at radius 1 is 0.474 bits per heavy atom. The summed E-state index contributed by atoms with van der Waals surface area (Å²) in [5.74, 6) is -42.9. The maximum Gasteiger partial charge on any atom is 0.384 e. The maximum absolute atomic E-state index is 12.9. The van der Waals surface area contributed by atoms with Gasteiger partial charge in [-0.05, 0) is 0 Å². The molecular weight excluding hydrogens is 313 g/mol. The number of hydrogen-bond acceptors (Lipinski definition) is 2. The molecule has 0 unspecified atom stereocenters. The Morgan fingerprint density at radius 3 is 0.895 bits per heavy atom. The van der Waals surface area contributed by atoms with Crippen LogP contribution in [0, 0.1) is 0 Å². The van der Waals surface area contributed by atoms with Crippen LogP contribution in [0.15, 0.2) is 0 Å². The van der Waals surface area contributed by atoms with Gasteiger partial charge in [0.1, 0.15) is 0 Å². The van der Waals surface area contributed by atoms with Crippen molar-refractivity contribution in [2.75, 3.05) is 0 Å². The molecule has 1 aliphatic carbocycles. The van der Waals surface area contributed by atoms with Gasteiger partial charge in [0.2, 0.25) is 0 Å². The second kappa shape index (κ2) is 3.42. The Labute approximate surface area is 95.2 Å². The van der Waals surface area contributed by atoms with Gasteiger partial charge < -0.3 is 0 Å². The number of hydrogen-bond donors (Lipinski definition) is 1. The van der Waals surface area contributed by atoms with Gasteiger partial charge in [-0.25, -0.2) is 5.26 Å². The molecule has 0 saturated heterocycles. The highest BCUT2D eigenvalue weighted by Crippen LogP contribution is 2.69. The van der Waals surface area contributed by atoms with Crippen molar-refractivity contribution in [3.05, 3.63) is 0 Å². The van der Waals surface area contributed by atoms with Crippen molar-refractivity contribution >= 4 is 0 Å². The Morgan fingerprint density at radius 2 is 0.684 bits per heavy atom. The summed E-state index contributed by atoms with van der Waals surface area (Å²) in [7, 11) is 0. The molecule has 0 radical (unpaired) electrons. The molecule has 1 saturated carbocycles. The van der Waals surface area contributed by atoms with Gasteiger partial charge in [-0.3, -0.25) is 0 Å². The van der Waals surface area contributed by atoms with Crippen LogP contribution in [0.2, 0.25) is 0 Å². The summed E-state index contributed by atoms with van der Waals surface area (Å²) in [4.78, 5) is 1.71. The predicted molar refractivity (Wildman–Crippen MR) is 32.3 cm³/mol. The smallest absolute Gasteiger partial charge is 0.248 e. The zero-order valence-electron chi connectivity index (χ0n) is 8.01. The molecule has 2 nitrogen and oxygen atoms in total. The quantitative estimate of drug-likeness (QED) is 0.457. The van der Waals surface area contributed by atoms with Crippen LogP contribution in [-0.2, 0) is 4.89 Å². The van der Waals surface area contributed by atoms with Crippen LogP contribution >= 0.6 is 0 Å². The third-order valence-electron chi connectivity index (χ3n) is 2.51. The Balaban J connectivity index is 3.76. The summed E-state index contributed by atoms with van der Waals surface area (Å²) < 4.78 is 139. The van der Waals surface area contributed by atoms with Gasteiger partial charge >= 0.3 is 35.5 Å². The monoisotopic (exact) mass is 314 g/mol. The standard InChI is InChI=1S/C6HF11O2/c7-1(8)2(9,10)4(13,14)6(17,19-18)5(15,16)3(1,11)12/h18H. The van der Waals surface area contributed by atoms with Crippen molar-refractivity contribution in [1.82, 2.24) is 0 Å². The third-order valence-corrected chi connectivity index (χ3v) is 2.51. The minimum absolute atomic E-state index is 1.71. The van der Waals surface area contributed by atoms with Gasteiger partial charge in [0, 0.05) is 0 Å². The lowest BCUT2D eigenvalue weighted by molar-refractivity contribution is -0.564. The number of alkyl halides is 11. The van der Waals surface area contributed by atoms with Crippen LogP contribution in [0.5, 0.6) is 0 Å². The van der Waals surface area contributed by atoms with Gasteiger partial charge in [0.25, 0.3) is 0 Å². The molecule has 0 aromatic carbocycles. The van der Waals surface area contributed by atoms with Crippen LogP contribution in [0.3, 0.4) is 0 Å². The fraction of sp³-hybridized carbons (Fsp3) is 1.00. The van der Waals surface area contributed by atoms with Gasteiger partial charge in [-0.2, -0.15) is 53.2 Å². The lowest BCUT2D eigenvalue weighted by Gasteiger charge is -2.50. The highest BCUT2D eigenvalue weighted by Gasteiger charge is 3.02. The van der Waals surface area contributed by atoms with Crippen molar-refractivity contribution < 1.29 is 58.4 Å². The van der Waals surface area contributed by atoms with E-state index < -0.39 is 35.5 Å². The molecule has 0 heterocycles. The number of halogens is 11. The third kappa shape index (κ3) is 1.25. The first kappa shape index (κ1) is 16.2. The normalized spacial score (nSPS) is 32.8. The fourth-order valence-corrected chi connectivity index (χ4v) is 1.31. The summed E-state index contributed by atoms with van der Waals surface area (Å²) in [6.07, 6.45) is 0. The molecule has 0 spiro atoms. The van der Waals surface area contributed by atoms with Crippen molar-refractivity contribution in [2.45, 2.75) is 35.5 Å². The van der Waals surface area contributed by atoms with Gasteiger partial charge in [-0.1, -0.05) is 0 Å². The first-order valence-corrected chi connectivity index (χ1v) is 3.97. The SMILES string of the molecule is OOC1(F)C(F)(F)C(F)(F)C(F)(F)C(F)(F)C1(F)F. The van der Waals surface area contributed by atoms with E-state index in [9.17, 15) is 48.3 Å². The topological polar surface area (TPSA) is 29.5 Å². The molecule has 19 heavy (non-hydrogen) atoms. The lowest BCUT2D eigenvalue weighted by atomic mass is 9.79. The van der Waals surface area contributed by atoms with Crippen molar-refractivity contribution in [2.24, 2.45) is 0 Å². The largest absolute Gasteiger partial charge is 0.384 e. The molecule has 1 rings (SSSR count). The van der Waals surface area contributed by atoms with E-state index in [2.05, 4.69) is 0 Å². The van der Waals surface area contributed by atoms with E-state index in [1.165, 1.54) is 0 Å². The first-order valence-electron chi connectivity index (χ1n) is 3.97. The van der Waals surface area contributed by atoms with Crippen LogP contribution in [0.1, 0.15) is 0 Å².